The number of amides is 1. The molecule has 2 heterocycles. The highest BCUT2D eigenvalue weighted by molar-refractivity contribution is 7.99. The van der Waals surface area contributed by atoms with Gasteiger partial charge in [0.1, 0.15) is 4.83 Å². The molecule has 0 spiro atoms. The van der Waals surface area contributed by atoms with Crippen molar-refractivity contribution in [2.75, 3.05) is 5.75 Å². The fraction of sp³-hybridized carbons (Fsp3) is 0.500. The van der Waals surface area contributed by atoms with Crippen LogP contribution in [0.3, 0.4) is 0 Å². The minimum Gasteiger partial charge on any atom is -0.353 e. The zero-order valence-electron chi connectivity index (χ0n) is 19.0. The van der Waals surface area contributed by atoms with Crippen LogP contribution in [0.5, 0.6) is 0 Å². The molecule has 0 unspecified atom stereocenters. The van der Waals surface area contributed by atoms with Gasteiger partial charge in [0, 0.05) is 10.9 Å². The van der Waals surface area contributed by atoms with Gasteiger partial charge in [-0.2, -0.15) is 0 Å². The Kier molecular flexibility index (Phi) is 7.16. The van der Waals surface area contributed by atoms with Gasteiger partial charge in [-0.3, -0.25) is 14.2 Å². The Bertz CT molecular complexity index is 1180. The Balaban J connectivity index is 1.43. The van der Waals surface area contributed by atoms with E-state index in [2.05, 4.69) is 5.32 Å². The first-order valence-electron chi connectivity index (χ1n) is 12.3. The molecule has 1 fully saturated rings. The first kappa shape index (κ1) is 22.7. The molecule has 0 aliphatic heterocycles. The maximum absolute atomic E-state index is 13.7. The zero-order chi connectivity index (χ0) is 22.6. The molecule has 1 amide bonds. The molecule has 0 bridgehead atoms. The number of fused-ring (bicyclic) bond motifs is 3. The van der Waals surface area contributed by atoms with Crippen LogP contribution in [-0.4, -0.2) is 27.3 Å². The number of aromatic nitrogens is 2. The second-order valence-electron chi connectivity index (χ2n) is 9.16. The van der Waals surface area contributed by atoms with Gasteiger partial charge in [0.25, 0.3) is 5.56 Å². The fourth-order valence-electron chi connectivity index (χ4n) is 5.09. The van der Waals surface area contributed by atoms with E-state index in [4.69, 9.17) is 4.98 Å². The third kappa shape index (κ3) is 5.04. The van der Waals surface area contributed by atoms with Crippen LogP contribution in [0.2, 0.25) is 0 Å². The Morgan fingerprint density at radius 2 is 1.76 bits per heavy atom. The molecule has 2 aromatic heterocycles. The van der Waals surface area contributed by atoms with E-state index in [1.807, 2.05) is 30.3 Å². The van der Waals surface area contributed by atoms with Gasteiger partial charge in [-0.25, -0.2) is 4.98 Å². The van der Waals surface area contributed by atoms with Crippen LogP contribution in [0.4, 0.5) is 0 Å². The van der Waals surface area contributed by atoms with Gasteiger partial charge in [-0.05, 0) is 56.2 Å². The lowest BCUT2D eigenvalue weighted by atomic mass is 9.97. The second kappa shape index (κ2) is 10.4. The minimum absolute atomic E-state index is 0.00599. The number of rotatable bonds is 5. The van der Waals surface area contributed by atoms with E-state index in [9.17, 15) is 9.59 Å². The topological polar surface area (TPSA) is 64.0 Å². The summed E-state index contributed by atoms with van der Waals surface area (Å²) in [6.07, 6.45) is 12.6. The van der Waals surface area contributed by atoms with Gasteiger partial charge in [0.05, 0.1) is 16.8 Å². The maximum atomic E-state index is 13.7. The summed E-state index contributed by atoms with van der Waals surface area (Å²) in [5.41, 5.74) is 1.99. The molecule has 2 aliphatic rings. The number of hydrogen-bond donors (Lipinski definition) is 1. The van der Waals surface area contributed by atoms with E-state index in [0.717, 1.165) is 48.0 Å². The van der Waals surface area contributed by atoms with Crippen LogP contribution in [0, 0.1) is 0 Å². The number of hydrogen-bond acceptors (Lipinski definition) is 5. The minimum atomic E-state index is -0.00599. The van der Waals surface area contributed by atoms with Gasteiger partial charge in [-0.15, -0.1) is 11.3 Å². The van der Waals surface area contributed by atoms with E-state index in [1.165, 1.54) is 60.7 Å². The summed E-state index contributed by atoms with van der Waals surface area (Å²) in [5.74, 6) is 0.303. The Morgan fingerprint density at radius 1 is 1.03 bits per heavy atom. The third-order valence-electron chi connectivity index (χ3n) is 6.78. The molecular formula is C26H31N3O2S2. The van der Waals surface area contributed by atoms with E-state index in [-0.39, 0.29) is 23.3 Å². The van der Waals surface area contributed by atoms with Gasteiger partial charge in [0.15, 0.2) is 5.16 Å². The standard InChI is InChI=1S/C26H31N3O2S2/c30-22(27-18-11-5-2-1-3-6-12-18)17-32-26-28-24-23(20-15-9-10-16-21(20)33-24)25(31)29(26)19-13-7-4-8-14-19/h4,7-8,13-14,18H,1-3,5-6,9-12,15-17H2,(H,27,30). The number of thiophene rings is 1. The van der Waals surface area contributed by atoms with E-state index in [1.54, 1.807) is 15.9 Å². The quantitative estimate of drug-likeness (QED) is 0.378. The Labute approximate surface area is 203 Å². The molecule has 0 radical (unpaired) electrons. The van der Waals surface area contributed by atoms with Gasteiger partial charge < -0.3 is 5.32 Å². The summed E-state index contributed by atoms with van der Waals surface area (Å²) in [6.45, 7) is 0. The number of nitrogens with zero attached hydrogens (tertiary/aromatic N) is 2. The number of carbonyl (C=O) groups is 1. The average Bonchev–Trinajstić information content (AvgIpc) is 3.18. The van der Waals surface area contributed by atoms with Crippen LogP contribution in [0.1, 0.15) is 68.2 Å². The van der Waals surface area contributed by atoms with Crippen molar-refractivity contribution in [3.63, 3.8) is 0 Å². The van der Waals surface area contributed by atoms with E-state index in [0.29, 0.717) is 5.16 Å². The molecule has 3 aromatic rings. The number of thioether (sulfide) groups is 1. The lowest BCUT2D eigenvalue weighted by Gasteiger charge is -2.21. The van der Waals surface area contributed by atoms with Crippen molar-refractivity contribution in [1.29, 1.82) is 0 Å². The molecule has 1 saturated carbocycles. The summed E-state index contributed by atoms with van der Waals surface area (Å²) in [4.78, 5) is 33.6. The predicted molar refractivity (Wildman–Crippen MR) is 137 cm³/mol. The molecule has 5 rings (SSSR count). The molecule has 2 aliphatic carbocycles. The van der Waals surface area contributed by atoms with Crippen molar-refractivity contribution >= 4 is 39.2 Å². The second-order valence-corrected chi connectivity index (χ2v) is 11.2. The van der Waals surface area contributed by atoms with Crippen molar-refractivity contribution < 1.29 is 4.79 Å². The third-order valence-corrected chi connectivity index (χ3v) is 8.90. The highest BCUT2D eigenvalue weighted by Gasteiger charge is 2.23. The lowest BCUT2D eigenvalue weighted by Crippen LogP contribution is -2.36. The van der Waals surface area contributed by atoms with E-state index < -0.39 is 0 Å². The van der Waals surface area contributed by atoms with Crippen LogP contribution in [0.25, 0.3) is 15.9 Å². The number of benzene rings is 1. The zero-order valence-corrected chi connectivity index (χ0v) is 20.6. The monoisotopic (exact) mass is 481 g/mol. The van der Waals surface area contributed by atoms with E-state index >= 15 is 0 Å². The SMILES string of the molecule is O=C(CSc1nc2sc3c(c2c(=O)n1-c1ccccc1)CCCC3)NC1CCCCCCC1. The van der Waals surface area contributed by atoms with Gasteiger partial charge in [-0.1, -0.05) is 62.1 Å². The molecule has 1 aromatic carbocycles. The van der Waals surface area contributed by atoms with Gasteiger partial charge >= 0.3 is 0 Å². The predicted octanol–water partition coefficient (Wildman–Crippen LogP) is 5.65. The Hall–Kier alpha value is -2.12. The van der Waals surface area contributed by atoms with Crippen LogP contribution < -0.4 is 10.9 Å². The van der Waals surface area contributed by atoms with Crippen molar-refractivity contribution in [2.24, 2.45) is 0 Å². The highest BCUT2D eigenvalue weighted by atomic mass is 32.2. The van der Waals surface area contributed by atoms with Crippen LogP contribution in [-0.2, 0) is 17.6 Å². The molecule has 33 heavy (non-hydrogen) atoms. The molecule has 174 valence electrons. The molecule has 1 N–H and O–H groups in total. The van der Waals surface area contributed by atoms with Crippen molar-refractivity contribution in [3.05, 3.63) is 51.1 Å². The summed E-state index contributed by atoms with van der Waals surface area (Å²) in [6, 6.07) is 9.96. The molecule has 0 atom stereocenters. The average molecular weight is 482 g/mol. The van der Waals surface area contributed by atoms with Crippen molar-refractivity contribution in [2.45, 2.75) is 81.8 Å². The maximum Gasteiger partial charge on any atom is 0.267 e. The normalized spacial score (nSPS) is 17.3. The number of para-hydroxylation sites is 1. The molecule has 7 heteroatoms. The Morgan fingerprint density at radius 3 is 2.55 bits per heavy atom. The van der Waals surface area contributed by atoms with Crippen LogP contribution >= 0.6 is 23.1 Å². The highest BCUT2D eigenvalue weighted by Crippen LogP contribution is 2.35. The number of carbonyl (C=O) groups excluding carboxylic acids is 1. The molecule has 5 nitrogen and oxygen atoms in total. The summed E-state index contributed by atoms with van der Waals surface area (Å²) < 4.78 is 1.71. The smallest absolute Gasteiger partial charge is 0.267 e. The lowest BCUT2D eigenvalue weighted by molar-refractivity contribution is -0.119. The summed E-state index contributed by atoms with van der Waals surface area (Å²) in [5, 5.41) is 4.62. The first-order chi connectivity index (χ1) is 16.2. The number of aryl methyl sites for hydroxylation is 2. The van der Waals surface area contributed by atoms with Crippen molar-refractivity contribution in [3.8, 4) is 5.69 Å². The summed E-state index contributed by atoms with van der Waals surface area (Å²) in [7, 11) is 0. The van der Waals surface area contributed by atoms with Gasteiger partial charge in [0.2, 0.25) is 5.91 Å². The first-order valence-corrected chi connectivity index (χ1v) is 14.1. The van der Waals surface area contributed by atoms with Crippen LogP contribution in [0.15, 0.2) is 40.3 Å². The molecular weight excluding hydrogens is 450 g/mol. The molecule has 0 saturated heterocycles. The number of nitrogens with one attached hydrogen (secondary N) is 1. The van der Waals surface area contributed by atoms with Crippen molar-refractivity contribution in [1.82, 2.24) is 14.9 Å². The largest absolute Gasteiger partial charge is 0.353 e. The fourth-order valence-corrected chi connectivity index (χ4v) is 7.21. The summed E-state index contributed by atoms with van der Waals surface area (Å²) >= 11 is 3.03.